The molecule has 0 aliphatic rings. The van der Waals surface area contributed by atoms with Crippen LogP contribution in [0.15, 0.2) is 0 Å². The lowest BCUT2D eigenvalue weighted by Crippen LogP contribution is -2.48. The largest absolute Gasteiger partial charge is 0.465 e. The second kappa shape index (κ2) is 10.8. The van der Waals surface area contributed by atoms with Crippen molar-refractivity contribution in [1.29, 1.82) is 0 Å². The first-order valence-corrected chi connectivity index (χ1v) is 7.34. The summed E-state index contributed by atoms with van der Waals surface area (Å²) in [5.41, 5.74) is 0. The van der Waals surface area contributed by atoms with Gasteiger partial charge >= 0.3 is 18.0 Å². The van der Waals surface area contributed by atoms with Gasteiger partial charge in [0, 0.05) is 6.54 Å². The minimum absolute atomic E-state index is 0.128. The average Bonchev–Trinajstić information content (AvgIpc) is 2.44. The van der Waals surface area contributed by atoms with E-state index < -0.39 is 24.1 Å². The number of urea groups is 1. The van der Waals surface area contributed by atoms with Gasteiger partial charge in [0.25, 0.3) is 0 Å². The van der Waals surface area contributed by atoms with Gasteiger partial charge in [-0.3, -0.25) is 4.79 Å². The van der Waals surface area contributed by atoms with E-state index in [1.165, 1.54) is 4.90 Å². The Bertz CT molecular complexity index is 372. The maximum Gasteiger partial charge on any atom is 0.336 e. The Balaban J connectivity index is 4.58. The van der Waals surface area contributed by atoms with Gasteiger partial charge in [-0.05, 0) is 19.8 Å². The van der Waals surface area contributed by atoms with Crippen molar-refractivity contribution in [1.82, 2.24) is 10.2 Å². The Morgan fingerprint density at radius 1 is 1.09 bits per heavy atom. The Hall–Kier alpha value is -1.83. The lowest BCUT2D eigenvalue weighted by molar-refractivity contribution is -0.153. The summed E-state index contributed by atoms with van der Waals surface area (Å²) in [4.78, 5) is 36.0. The molecule has 2 amide bonds. The van der Waals surface area contributed by atoms with Crippen LogP contribution in [-0.2, 0) is 19.1 Å². The summed E-state index contributed by atoms with van der Waals surface area (Å²) in [6.45, 7) is 7.31. The number of hydrogen-bond donors (Lipinski definition) is 2. The van der Waals surface area contributed by atoms with E-state index in [-0.39, 0.29) is 32.2 Å². The molecular formula is C14H26N2O6. The summed E-state index contributed by atoms with van der Waals surface area (Å²) in [7, 11) is 0. The van der Waals surface area contributed by atoms with Crippen molar-refractivity contribution in [3.63, 3.8) is 0 Å². The van der Waals surface area contributed by atoms with Crippen LogP contribution < -0.4 is 5.32 Å². The second-order valence-electron chi connectivity index (χ2n) is 5.03. The lowest BCUT2D eigenvalue weighted by Gasteiger charge is -2.26. The van der Waals surface area contributed by atoms with E-state index in [2.05, 4.69) is 5.32 Å². The van der Waals surface area contributed by atoms with E-state index in [0.717, 1.165) is 0 Å². The van der Waals surface area contributed by atoms with Crippen LogP contribution in [-0.4, -0.2) is 66.9 Å². The van der Waals surface area contributed by atoms with E-state index in [9.17, 15) is 19.5 Å². The third kappa shape index (κ3) is 8.46. The van der Waals surface area contributed by atoms with Crippen molar-refractivity contribution >= 4 is 18.0 Å². The fraction of sp³-hybridized carbons (Fsp3) is 0.786. The molecule has 0 aromatic carbocycles. The van der Waals surface area contributed by atoms with Gasteiger partial charge < -0.3 is 24.8 Å². The van der Waals surface area contributed by atoms with E-state index >= 15 is 0 Å². The van der Waals surface area contributed by atoms with Gasteiger partial charge in [-0.25, -0.2) is 9.59 Å². The molecule has 0 fully saturated rings. The Labute approximate surface area is 130 Å². The zero-order chi connectivity index (χ0) is 17.1. The van der Waals surface area contributed by atoms with E-state index in [1.54, 1.807) is 13.8 Å². The predicted octanol–water partition coefficient (Wildman–Crippen LogP) is 0.141. The van der Waals surface area contributed by atoms with Crippen LogP contribution in [0.5, 0.6) is 0 Å². The molecule has 0 aromatic heterocycles. The quantitative estimate of drug-likeness (QED) is 0.586. The summed E-state index contributed by atoms with van der Waals surface area (Å²) < 4.78 is 9.41. The third-order valence-corrected chi connectivity index (χ3v) is 2.51. The molecule has 0 saturated carbocycles. The SMILES string of the molecule is CCOC(=O)CNC(=O)N(CC(C)C)CC(O)C(=O)OCC. The molecule has 0 heterocycles. The molecule has 22 heavy (non-hydrogen) atoms. The predicted molar refractivity (Wildman–Crippen MR) is 79.1 cm³/mol. The van der Waals surface area contributed by atoms with Gasteiger partial charge in [-0.1, -0.05) is 13.8 Å². The van der Waals surface area contributed by atoms with Gasteiger partial charge in [0.15, 0.2) is 6.10 Å². The zero-order valence-corrected chi connectivity index (χ0v) is 13.6. The molecule has 0 radical (unpaired) electrons. The van der Waals surface area contributed by atoms with Crippen molar-refractivity contribution in [2.75, 3.05) is 32.8 Å². The number of hydrogen-bond acceptors (Lipinski definition) is 6. The van der Waals surface area contributed by atoms with Crippen LogP contribution in [0.2, 0.25) is 0 Å². The van der Waals surface area contributed by atoms with Crippen LogP contribution in [0.25, 0.3) is 0 Å². The van der Waals surface area contributed by atoms with Crippen molar-refractivity contribution < 1.29 is 29.0 Å². The monoisotopic (exact) mass is 318 g/mol. The summed E-state index contributed by atoms with van der Waals surface area (Å²) in [6, 6.07) is -0.551. The van der Waals surface area contributed by atoms with Crippen LogP contribution in [0, 0.1) is 5.92 Å². The molecule has 0 saturated heterocycles. The molecule has 0 rings (SSSR count). The average molecular weight is 318 g/mol. The van der Waals surface area contributed by atoms with Gasteiger partial charge in [0.05, 0.1) is 19.8 Å². The summed E-state index contributed by atoms with van der Waals surface area (Å²) >= 11 is 0. The van der Waals surface area contributed by atoms with Crippen LogP contribution in [0.3, 0.4) is 0 Å². The highest BCUT2D eigenvalue weighted by molar-refractivity contribution is 5.81. The number of aliphatic hydroxyl groups excluding tert-OH is 1. The summed E-state index contributed by atoms with van der Waals surface area (Å²) in [6.07, 6.45) is -1.42. The molecule has 8 nitrogen and oxygen atoms in total. The first-order chi connectivity index (χ1) is 10.3. The molecule has 1 atom stereocenters. The van der Waals surface area contributed by atoms with Gasteiger partial charge in [0.2, 0.25) is 0 Å². The first-order valence-electron chi connectivity index (χ1n) is 7.34. The highest BCUT2D eigenvalue weighted by atomic mass is 16.5. The fourth-order valence-electron chi connectivity index (χ4n) is 1.67. The van der Waals surface area contributed by atoms with Crippen LogP contribution >= 0.6 is 0 Å². The number of ether oxygens (including phenoxy) is 2. The normalized spacial score (nSPS) is 11.7. The number of carbonyl (C=O) groups excluding carboxylic acids is 3. The highest BCUT2D eigenvalue weighted by Gasteiger charge is 2.24. The highest BCUT2D eigenvalue weighted by Crippen LogP contribution is 2.02. The second-order valence-corrected chi connectivity index (χ2v) is 5.03. The summed E-state index contributed by atoms with van der Waals surface area (Å²) in [5.74, 6) is -1.21. The maximum absolute atomic E-state index is 12.0. The number of nitrogens with zero attached hydrogens (tertiary/aromatic N) is 1. The molecule has 0 aromatic rings. The van der Waals surface area contributed by atoms with Crippen molar-refractivity contribution in [2.24, 2.45) is 5.92 Å². The number of amides is 2. The van der Waals surface area contributed by atoms with Crippen molar-refractivity contribution in [3.05, 3.63) is 0 Å². The molecule has 2 N–H and O–H groups in total. The molecule has 0 bridgehead atoms. The van der Waals surface area contributed by atoms with Crippen molar-refractivity contribution in [3.8, 4) is 0 Å². The van der Waals surface area contributed by atoms with E-state index in [4.69, 9.17) is 9.47 Å². The molecule has 8 heteroatoms. The lowest BCUT2D eigenvalue weighted by atomic mass is 10.2. The molecule has 0 aliphatic carbocycles. The molecule has 0 aliphatic heterocycles. The molecule has 1 unspecified atom stereocenters. The molecular weight excluding hydrogens is 292 g/mol. The van der Waals surface area contributed by atoms with E-state index in [0.29, 0.717) is 6.54 Å². The minimum Gasteiger partial charge on any atom is -0.465 e. The van der Waals surface area contributed by atoms with Crippen molar-refractivity contribution in [2.45, 2.75) is 33.8 Å². The Morgan fingerprint density at radius 2 is 1.68 bits per heavy atom. The number of aliphatic hydroxyl groups is 1. The summed E-state index contributed by atoms with van der Waals surface area (Å²) in [5, 5.41) is 12.2. The zero-order valence-electron chi connectivity index (χ0n) is 13.6. The smallest absolute Gasteiger partial charge is 0.336 e. The third-order valence-electron chi connectivity index (χ3n) is 2.51. The number of carbonyl (C=O) groups is 3. The topological polar surface area (TPSA) is 105 Å². The number of esters is 2. The number of rotatable bonds is 9. The molecule has 128 valence electrons. The van der Waals surface area contributed by atoms with Gasteiger partial charge in [0.1, 0.15) is 6.54 Å². The maximum atomic E-state index is 12.0. The standard InChI is InChI=1S/C14H26N2O6/c1-5-21-12(18)7-15-14(20)16(8-10(3)4)9-11(17)13(19)22-6-2/h10-11,17H,5-9H2,1-4H3,(H,15,20). The van der Waals surface area contributed by atoms with Crippen LogP contribution in [0.1, 0.15) is 27.7 Å². The van der Waals surface area contributed by atoms with Crippen LogP contribution in [0.4, 0.5) is 4.79 Å². The van der Waals surface area contributed by atoms with Gasteiger partial charge in [-0.15, -0.1) is 0 Å². The van der Waals surface area contributed by atoms with Gasteiger partial charge in [-0.2, -0.15) is 0 Å². The Kier molecular flexibility index (Phi) is 9.93. The number of nitrogens with one attached hydrogen (secondary N) is 1. The first kappa shape index (κ1) is 20.2. The minimum atomic E-state index is -1.42. The Morgan fingerprint density at radius 3 is 2.18 bits per heavy atom. The fourth-order valence-corrected chi connectivity index (χ4v) is 1.67. The van der Waals surface area contributed by atoms with E-state index in [1.807, 2.05) is 13.8 Å². The molecule has 0 spiro atoms.